The molecule has 0 atom stereocenters. The van der Waals surface area contributed by atoms with E-state index >= 15 is 0 Å². The molecule has 1 amide bonds. The number of carbonyl (C=O) groups excluding carboxylic acids is 1. The van der Waals surface area contributed by atoms with Gasteiger partial charge in [-0.1, -0.05) is 35.9 Å². The lowest BCUT2D eigenvalue weighted by Gasteiger charge is -2.38. The quantitative estimate of drug-likeness (QED) is 0.519. The fraction of sp³-hybridized carbons (Fsp3) is 0.444. The minimum absolute atomic E-state index is 0.208. The molecule has 2 fully saturated rings. The molecule has 0 aliphatic carbocycles. The van der Waals surface area contributed by atoms with Crippen molar-refractivity contribution in [1.82, 2.24) is 25.1 Å². The lowest BCUT2D eigenvalue weighted by Crippen LogP contribution is -2.46. The zero-order valence-electron chi connectivity index (χ0n) is 20.5. The third kappa shape index (κ3) is 6.24. The Hall–Kier alpha value is -2.94. The van der Waals surface area contributed by atoms with Gasteiger partial charge in [-0.25, -0.2) is 9.97 Å². The summed E-state index contributed by atoms with van der Waals surface area (Å²) >= 11 is 6.37. The Bertz CT molecular complexity index is 1130. The molecule has 5 rings (SSSR count). The Labute approximate surface area is 217 Å². The van der Waals surface area contributed by atoms with Gasteiger partial charge in [0.1, 0.15) is 17.8 Å². The van der Waals surface area contributed by atoms with Crippen molar-refractivity contribution >= 4 is 23.3 Å². The van der Waals surface area contributed by atoms with Crippen LogP contribution in [0.5, 0.6) is 0 Å². The predicted octanol–water partition coefficient (Wildman–Crippen LogP) is 3.83. The van der Waals surface area contributed by atoms with E-state index in [4.69, 9.17) is 16.0 Å². The van der Waals surface area contributed by atoms with Gasteiger partial charge in [-0.15, -0.1) is 0 Å². The second kappa shape index (κ2) is 11.9. The molecule has 2 aliphatic rings. The van der Waals surface area contributed by atoms with E-state index in [0.717, 1.165) is 63.1 Å². The van der Waals surface area contributed by atoms with Gasteiger partial charge in [0, 0.05) is 43.8 Å². The van der Waals surface area contributed by atoms with Crippen LogP contribution in [0.15, 0.2) is 59.5 Å². The smallest absolute Gasteiger partial charge is 0.270 e. The van der Waals surface area contributed by atoms with E-state index < -0.39 is 0 Å². The number of carbonyl (C=O) groups is 1. The number of halogens is 1. The zero-order chi connectivity index (χ0) is 24.7. The summed E-state index contributed by atoms with van der Waals surface area (Å²) in [5.74, 6) is 0.653. The molecule has 4 heterocycles. The van der Waals surface area contributed by atoms with Gasteiger partial charge in [-0.05, 0) is 56.1 Å². The van der Waals surface area contributed by atoms with Gasteiger partial charge in [0.05, 0.1) is 12.2 Å². The highest BCUT2D eigenvalue weighted by atomic mass is 35.5. The highest BCUT2D eigenvalue weighted by Gasteiger charge is 2.27. The maximum absolute atomic E-state index is 12.6. The fourth-order valence-electron chi connectivity index (χ4n) is 5.15. The summed E-state index contributed by atoms with van der Waals surface area (Å²) in [7, 11) is 0. The molecule has 2 aliphatic heterocycles. The van der Waals surface area contributed by atoms with Gasteiger partial charge in [0.25, 0.3) is 5.91 Å². The number of hydrogen-bond donors (Lipinski definition) is 1. The average molecular weight is 509 g/mol. The van der Waals surface area contributed by atoms with Crippen molar-refractivity contribution in [2.75, 3.05) is 44.2 Å². The molecule has 36 heavy (non-hydrogen) atoms. The molecule has 190 valence electrons. The number of hydrogen-bond acceptors (Lipinski definition) is 7. The SMILES string of the molecule is O=C(NCc1cocn1)c1cccc(N2CCCN(C3CCN(Cc4ccccc4Cl)CC3)CC2)n1. The van der Waals surface area contributed by atoms with Crippen LogP contribution in [0.25, 0.3) is 0 Å². The van der Waals surface area contributed by atoms with Crippen LogP contribution < -0.4 is 10.2 Å². The van der Waals surface area contributed by atoms with E-state index in [0.29, 0.717) is 24.0 Å². The van der Waals surface area contributed by atoms with Crippen LogP contribution in [0.2, 0.25) is 5.02 Å². The summed E-state index contributed by atoms with van der Waals surface area (Å²) < 4.78 is 4.95. The number of anilines is 1. The van der Waals surface area contributed by atoms with E-state index in [2.05, 4.69) is 42.1 Å². The van der Waals surface area contributed by atoms with E-state index in [1.54, 1.807) is 6.07 Å². The van der Waals surface area contributed by atoms with Crippen molar-refractivity contribution in [3.63, 3.8) is 0 Å². The molecule has 0 spiro atoms. The lowest BCUT2D eigenvalue weighted by atomic mass is 10.0. The summed E-state index contributed by atoms with van der Waals surface area (Å²) in [6, 6.07) is 14.4. The van der Waals surface area contributed by atoms with Crippen molar-refractivity contribution in [1.29, 1.82) is 0 Å². The number of nitrogens with one attached hydrogen (secondary N) is 1. The molecular weight excluding hydrogens is 476 g/mol. The van der Waals surface area contributed by atoms with Gasteiger partial charge in [-0.3, -0.25) is 14.6 Å². The van der Waals surface area contributed by atoms with E-state index in [-0.39, 0.29) is 5.91 Å². The number of amides is 1. The first-order valence-electron chi connectivity index (χ1n) is 12.7. The van der Waals surface area contributed by atoms with Gasteiger partial charge in [0.15, 0.2) is 6.39 Å². The fourth-order valence-corrected chi connectivity index (χ4v) is 5.35. The number of benzene rings is 1. The summed E-state index contributed by atoms with van der Waals surface area (Å²) in [6.07, 6.45) is 6.33. The molecule has 0 saturated carbocycles. The van der Waals surface area contributed by atoms with Crippen molar-refractivity contribution < 1.29 is 9.21 Å². The number of likely N-dealkylation sites (tertiary alicyclic amines) is 1. The first kappa shape index (κ1) is 24.7. The molecule has 0 radical (unpaired) electrons. The van der Waals surface area contributed by atoms with Crippen LogP contribution in [-0.2, 0) is 13.1 Å². The highest BCUT2D eigenvalue weighted by Crippen LogP contribution is 2.23. The van der Waals surface area contributed by atoms with E-state index in [9.17, 15) is 4.79 Å². The van der Waals surface area contributed by atoms with E-state index in [1.165, 1.54) is 31.1 Å². The molecule has 1 N–H and O–H groups in total. The highest BCUT2D eigenvalue weighted by molar-refractivity contribution is 6.31. The Balaban J connectivity index is 1.12. The summed E-state index contributed by atoms with van der Waals surface area (Å²) in [4.78, 5) is 28.8. The molecule has 9 heteroatoms. The third-order valence-electron chi connectivity index (χ3n) is 7.16. The van der Waals surface area contributed by atoms with Gasteiger partial charge in [0.2, 0.25) is 0 Å². The molecule has 1 aromatic carbocycles. The Morgan fingerprint density at radius 2 is 1.89 bits per heavy atom. The second-order valence-electron chi connectivity index (χ2n) is 9.52. The van der Waals surface area contributed by atoms with Crippen molar-refractivity contribution in [3.05, 3.63) is 77.1 Å². The van der Waals surface area contributed by atoms with Crippen molar-refractivity contribution in [2.24, 2.45) is 0 Å². The predicted molar refractivity (Wildman–Crippen MR) is 140 cm³/mol. The van der Waals surface area contributed by atoms with Crippen LogP contribution in [0.4, 0.5) is 5.82 Å². The third-order valence-corrected chi connectivity index (χ3v) is 7.53. The normalized spacial score (nSPS) is 18.2. The Kier molecular flexibility index (Phi) is 8.15. The number of nitrogens with zero attached hydrogens (tertiary/aromatic N) is 5. The largest absolute Gasteiger partial charge is 0.451 e. The number of pyridine rings is 1. The van der Waals surface area contributed by atoms with Gasteiger partial charge < -0.3 is 14.6 Å². The summed E-state index contributed by atoms with van der Waals surface area (Å²) in [5, 5.41) is 3.71. The van der Waals surface area contributed by atoms with Crippen LogP contribution in [0, 0.1) is 0 Å². The van der Waals surface area contributed by atoms with Crippen LogP contribution in [0.3, 0.4) is 0 Å². The molecule has 2 saturated heterocycles. The lowest BCUT2D eigenvalue weighted by molar-refractivity contribution is 0.0945. The number of rotatable bonds is 7. The van der Waals surface area contributed by atoms with Gasteiger partial charge in [-0.2, -0.15) is 0 Å². The maximum atomic E-state index is 12.6. The minimum atomic E-state index is -0.208. The zero-order valence-corrected chi connectivity index (χ0v) is 21.2. The summed E-state index contributed by atoms with van der Waals surface area (Å²) in [5.41, 5.74) is 2.31. The topological polar surface area (TPSA) is 77.7 Å². The average Bonchev–Trinajstić information content (AvgIpc) is 3.32. The maximum Gasteiger partial charge on any atom is 0.270 e. The second-order valence-corrected chi connectivity index (χ2v) is 9.93. The first-order valence-corrected chi connectivity index (χ1v) is 13.1. The molecule has 3 aromatic rings. The number of piperidine rings is 1. The number of oxazole rings is 1. The molecule has 2 aromatic heterocycles. The molecule has 0 bridgehead atoms. The molecule has 0 unspecified atom stereocenters. The first-order chi connectivity index (χ1) is 17.7. The van der Waals surface area contributed by atoms with E-state index in [1.807, 2.05) is 24.3 Å². The minimum Gasteiger partial charge on any atom is -0.451 e. The van der Waals surface area contributed by atoms with Crippen molar-refractivity contribution in [3.8, 4) is 0 Å². The van der Waals surface area contributed by atoms with Crippen molar-refractivity contribution in [2.45, 2.75) is 38.4 Å². The van der Waals surface area contributed by atoms with Crippen LogP contribution in [0.1, 0.15) is 41.0 Å². The molecular formula is C27H33ClN6O2. The summed E-state index contributed by atoms with van der Waals surface area (Å²) in [6.45, 7) is 7.41. The molecule has 8 nitrogen and oxygen atoms in total. The van der Waals surface area contributed by atoms with Gasteiger partial charge >= 0.3 is 0 Å². The number of aromatic nitrogens is 2. The van der Waals surface area contributed by atoms with Crippen LogP contribution >= 0.6 is 11.6 Å². The standard InChI is InChI=1S/C27H33ClN6O2/c28-24-6-2-1-5-21(24)18-32-13-9-23(10-14-32)33-11-4-12-34(16-15-33)26-8-3-7-25(31-26)27(35)29-17-22-19-36-20-30-22/h1-3,5-8,19-20,23H,4,9-18H2,(H,29,35). The monoisotopic (exact) mass is 508 g/mol. The van der Waals surface area contributed by atoms with Crippen LogP contribution in [-0.4, -0.2) is 71.0 Å². The Morgan fingerprint density at radius 3 is 2.69 bits per heavy atom. The Morgan fingerprint density at radius 1 is 1.03 bits per heavy atom.